The van der Waals surface area contributed by atoms with E-state index in [2.05, 4.69) is 31.4 Å². The van der Waals surface area contributed by atoms with Crippen LogP contribution in [0.5, 0.6) is 0 Å². The number of carbonyl (C=O) groups is 4. The Morgan fingerprint density at radius 3 is 1.67 bits per heavy atom. The van der Waals surface area contributed by atoms with E-state index in [0.29, 0.717) is 19.4 Å². The van der Waals surface area contributed by atoms with Crippen LogP contribution in [-0.2, 0) is 39.9 Å². The highest BCUT2D eigenvalue weighted by molar-refractivity contribution is 5.78. The summed E-state index contributed by atoms with van der Waals surface area (Å²) >= 11 is 0. The van der Waals surface area contributed by atoms with Crippen molar-refractivity contribution in [2.75, 3.05) is 46.2 Å². The summed E-state index contributed by atoms with van der Waals surface area (Å²) in [4.78, 5) is 49.8. The molecule has 2 amide bonds. The summed E-state index contributed by atoms with van der Waals surface area (Å²) in [6, 6.07) is 9.32. The van der Waals surface area contributed by atoms with E-state index in [4.69, 9.17) is 18.9 Å². The molecule has 0 saturated heterocycles. The highest BCUT2D eigenvalue weighted by Crippen LogP contribution is 2.13. The number of benzene rings is 1. The Bertz CT molecular complexity index is 867. The molecule has 0 spiro atoms. The highest BCUT2D eigenvalue weighted by atomic mass is 16.6. The molecule has 0 atom stereocenters. The zero-order valence-electron chi connectivity index (χ0n) is 28.0. The van der Waals surface area contributed by atoms with Crippen molar-refractivity contribution in [2.45, 2.75) is 116 Å². The van der Waals surface area contributed by atoms with Gasteiger partial charge in [-0.3, -0.25) is 14.4 Å². The van der Waals surface area contributed by atoms with Gasteiger partial charge in [-0.05, 0) is 24.8 Å². The van der Waals surface area contributed by atoms with Gasteiger partial charge in [0.2, 0.25) is 5.91 Å². The maximum absolute atomic E-state index is 13.0. The summed E-state index contributed by atoms with van der Waals surface area (Å²) < 4.78 is 23.3. The van der Waals surface area contributed by atoms with E-state index in [0.717, 1.165) is 56.9 Å². The average Bonchev–Trinajstić information content (AvgIpc) is 3.03. The molecule has 0 fully saturated rings. The molecule has 0 radical (unpaired) electrons. The minimum atomic E-state index is -1.18. The van der Waals surface area contributed by atoms with Gasteiger partial charge >= 0.3 is 6.09 Å². The lowest BCUT2D eigenvalue weighted by atomic mass is 10.0. The fourth-order valence-electron chi connectivity index (χ4n) is 4.44. The van der Waals surface area contributed by atoms with E-state index in [1.54, 1.807) is 0 Å². The zero-order chi connectivity index (χ0) is 33.0. The van der Waals surface area contributed by atoms with Crippen molar-refractivity contribution in [2.24, 2.45) is 0 Å². The van der Waals surface area contributed by atoms with Gasteiger partial charge in [-0.15, -0.1) is 0 Å². The Morgan fingerprint density at radius 1 is 0.644 bits per heavy atom. The molecule has 0 aromatic heterocycles. The summed E-state index contributed by atoms with van der Waals surface area (Å²) in [7, 11) is 0. The number of ketones is 2. The molecule has 45 heavy (non-hydrogen) atoms. The fourth-order valence-corrected chi connectivity index (χ4v) is 4.44. The van der Waals surface area contributed by atoms with E-state index >= 15 is 0 Å². The second kappa shape index (κ2) is 26.4. The summed E-state index contributed by atoms with van der Waals surface area (Å²) in [5.41, 5.74) is -0.345. The van der Waals surface area contributed by atoms with E-state index in [-0.39, 0.29) is 83.0 Å². The highest BCUT2D eigenvalue weighted by Gasteiger charge is 2.35. The predicted octanol–water partition coefficient (Wildman–Crippen LogP) is 6.09. The van der Waals surface area contributed by atoms with Crippen LogP contribution in [0.3, 0.4) is 0 Å². The van der Waals surface area contributed by atoms with E-state index in [1.807, 2.05) is 30.3 Å². The van der Waals surface area contributed by atoms with Crippen LogP contribution in [0.15, 0.2) is 30.3 Å². The molecule has 256 valence electrons. The van der Waals surface area contributed by atoms with Crippen LogP contribution < -0.4 is 10.6 Å². The Balaban J connectivity index is 2.90. The number of hydrogen-bond donors (Lipinski definition) is 2. The lowest BCUT2D eigenvalue weighted by molar-refractivity contribution is -0.122. The van der Waals surface area contributed by atoms with Gasteiger partial charge in [-0.1, -0.05) is 83.2 Å². The lowest BCUT2D eigenvalue weighted by Gasteiger charge is -2.33. The van der Waals surface area contributed by atoms with Gasteiger partial charge in [-0.25, -0.2) is 4.79 Å². The lowest BCUT2D eigenvalue weighted by Crippen LogP contribution is -2.58. The van der Waals surface area contributed by atoms with Crippen LogP contribution in [0.1, 0.15) is 110 Å². The van der Waals surface area contributed by atoms with Crippen molar-refractivity contribution in [3.8, 4) is 0 Å². The molecule has 0 bridgehead atoms. The zero-order valence-corrected chi connectivity index (χ0v) is 28.0. The second-order valence-corrected chi connectivity index (χ2v) is 11.6. The third-order valence-electron chi connectivity index (χ3n) is 7.21. The number of carbonyl (C=O) groups excluding carboxylic acids is 4. The van der Waals surface area contributed by atoms with E-state index < -0.39 is 11.6 Å². The first kappa shape index (κ1) is 40.2. The van der Waals surface area contributed by atoms with Crippen LogP contribution >= 0.6 is 0 Å². The van der Waals surface area contributed by atoms with Crippen LogP contribution in [0.25, 0.3) is 0 Å². The molecule has 0 aliphatic heterocycles. The number of amides is 2. The van der Waals surface area contributed by atoms with Crippen molar-refractivity contribution in [1.29, 1.82) is 0 Å². The van der Waals surface area contributed by atoms with Crippen LogP contribution in [-0.4, -0.2) is 75.3 Å². The van der Waals surface area contributed by atoms with Crippen LogP contribution in [0.2, 0.25) is 0 Å². The largest absolute Gasteiger partial charge is 0.445 e. The third-order valence-corrected chi connectivity index (χ3v) is 7.21. The minimum absolute atomic E-state index is 0.0111. The Morgan fingerprint density at radius 2 is 1.16 bits per heavy atom. The first-order valence-corrected chi connectivity index (χ1v) is 16.9. The van der Waals surface area contributed by atoms with Gasteiger partial charge in [0.1, 0.15) is 23.7 Å². The van der Waals surface area contributed by atoms with Crippen molar-refractivity contribution >= 4 is 23.6 Å². The van der Waals surface area contributed by atoms with Crippen molar-refractivity contribution < 1.29 is 38.1 Å². The maximum Gasteiger partial charge on any atom is 0.408 e. The third kappa shape index (κ3) is 21.5. The number of alkyl carbamates (subject to hydrolysis) is 1. The fraction of sp³-hybridized carbons (Fsp3) is 0.714. The van der Waals surface area contributed by atoms with Crippen LogP contribution in [0, 0.1) is 0 Å². The first-order chi connectivity index (χ1) is 21.8. The summed E-state index contributed by atoms with van der Waals surface area (Å²) in [5, 5.41) is 5.75. The second-order valence-electron chi connectivity index (χ2n) is 11.6. The van der Waals surface area contributed by atoms with E-state index in [9.17, 15) is 19.2 Å². The number of unbranched alkanes of at least 4 members (excludes halogenated alkanes) is 5. The molecule has 0 heterocycles. The molecule has 1 rings (SSSR count). The summed E-state index contributed by atoms with van der Waals surface area (Å²) in [5.74, 6) is 0.153. The number of rotatable bonds is 29. The Kier molecular flexibility index (Phi) is 23.6. The molecule has 1 aromatic rings. The molecule has 0 aliphatic rings. The molecule has 10 nitrogen and oxygen atoms in total. The van der Waals surface area contributed by atoms with Crippen molar-refractivity contribution in [1.82, 2.24) is 10.6 Å². The molecule has 1 aromatic carbocycles. The molecule has 0 aliphatic carbocycles. The normalized spacial score (nSPS) is 11.3. The topological polar surface area (TPSA) is 129 Å². The summed E-state index contributed by atoms with van der Waals surface area (Å²) in [6.07, 6.45) is 8.78. The number of Topliss-reactive ketones (excluding diaryl/α,β-unsaturated/α-hetero) is 2. The monoisotopic (exact) mass is 634 g/mol. The molecular formula is C35H58N2O8. The minimum Gasteiger partial charge on any atom is -0.445 e. The van der Waals surface area contributed by atoms with Gasteiger partial charge in [0.25, 0.3) is 0 Å². The van der Waals surface area contributed by atoms with Gasteiger partial charge in [0.05, 0.1) is 39.6 Å². The molecule has 2 N–H and O–H groups in total. The van der Waals surface area contributed by atoms with Gasteiger partial charge in [0, 0.05) is 38.6 Å². The molecular weight excluding hydrogens is 576 g/mol. The maximum atomic E-state index is 13.0. The molecule has 0 unspecified atom stereocenters. The predicted molar refractivity (Wildman–Crippen MR) is 175 cm³/mol. The standard InChI is InChI=1S/C35H58N2O8/c1-4-7-11-17-31(38)19-23-42-27-35(28-43-24-20-32(39)18-12-8-5-2,29-44-25-21-33(40)36-22-9-6-3)37-34(41)45-26-30-15-13-10-14-16-30/h10,13-16H,4-9,11-12,17-29H2,1-3H3,(H,36,40)(H,37,41). The average molecular weight is 635 g/mol. The Labute approximate surface area is 270 Å². The van der Waals surface area contributed by atoms with Gasteiger partial charge in [-0.2, -0.15) is 0 Å². The molecule has 10 heteroatoms. The van der Waals surface area contributed by atoms with Gasteiger partial charge < -0.3 is 29.6 Å². The van der Waals surface area contributed by atoms with Crippen molar-refractivity contribution in [3.05, 3.63) is 35.9 Å². The SMILES string of the molecule is CCCCCC(=O)CCOCC(COCCC(=O)CCCCC)(COCCC(=O)NCCCC)NC(=O)OCc1ccccc1. The number of nitrogens with one attached hydrogen (secondary N) is 2. The van der Waals surface area contributed by atoms with Crippen LogP contribution in [0.4, 0.5) is 4.79 Å². The smallest absolute Gasteiger partial charge is 0.408 e. The van der Waals surface area contributed by atoms with Gasteiger partial charge in [0.15, 0.2) is 0 Å². The number of ether oxygens (including phenoxy) is 4. The quantitative estimate of drug-likeness (QED) is 0.101. The Hall–Kier alpha value is -2.82. The number of hydrogen-bond acceptors (Lipinski definition) is 8. The summed E-state index contributed by atoms with van der Waals surface area (Å²) in [6.45, 7) is 7.38. The van der Waals surface area contributed by atoms with E-state index in [1.165, 1.54) is 0 Å². The van der Waals surface area contributed by atoms with Crippen molar-refractivity contribution in [3.63, 3.8) is 0 Å². The first-order valence-electron chi connectivity index (χ1n) is 16.9. The molecule has 0 saturated carbocycles.